The van der Waals surface area contributed by atoms with Crippen LogP contribution < -0.4 is 5.73 Å². The van der Waals surface area contributed by atoms with E-state index in [9.17, 15) is 0 Å². The molecule has 18 heavy (non-hydrogen) atoms. The summed E-state index contributed by atoms with van der Waals surface area (Å²) in [4.78, 5) is 0. The van der Waals surface area contributed by atoms with Crippen LogP contribution in [-0.2, 0) is 5.75 Å². The van der Waals surface area contributed by atoms with Crippen molar-refractivity contribution in [3.05, 3.63) is 34.9 Å². The van der Waals surface area contributed by atoms with Gasteiger partial charge in [-0.3, -0.25) is 0 Å². The fraction of sp³-hybridized carbons (Fsp3) is 0.600. The van der Waals surface area contributed by atoms with Crippen molar-refractivity contribution in [1.29, 1.82) is 0 Å². The second kappa shape index (κ2) is 6.31. The number of thioether (sulfide) groups is 1. The minimum atomic E-state index is 0.330. The van der Waals surface area contributed by atoms with Crippen LogP contribution in [0.3, 0.4) is 0 Å². The molecule has 0 radical (unpaired) electrons. The third kappa shape index (κ3) is 3.43. The summed E-state index contributed by atoms with van der Waals surface area (Å²) in [6.07, 6.45) is 2.46. The van der Waals surface area contributed by atoms with E-state index in [1.54, 1.807) is 0 Å². The molecule has 0 heterocycles. The summed E-state index contributed by atoms with van der Waals surface area (Å²) in [5.74, 6) is 2.44. The molecule has 1 aromatic rings. The minimum Gasteiger partial charge on any atom is -0.327 e. The van der Waals surface area contributed by atoms with E-state index in [2.05, 4.69) is 19.9 Å². The Morgan fingerprint density at radius 3 is 2.67 bits per heavy atom. The van der Waals surface area contributed by atoms with E-state index in [1.807, 2.05) is 30.0 Å². The van der Waals surface area contributed by atoms with Gasteiger partial charge in [0.25, 0.3) is 0 Å². The summed E-state index contributed by atoms with van der Waals surface area (Å²) >= 11 is 8.17. The zero-order valence-corrected chi connectivity index (χ0v) is 12.7. The Morgan fingerprint density at radius 2 is 2.00 bits per heavy atom. The van der Waals surface area contributed by atoms with Crippen LogP contribution in [0, 0.1) is 11.8 Å². The summed E-state index contributed by atoms with van der Waals surface area (Å²) < 4.78 is 0. The smallest absolute Gasteiger partial charge is 0.0446 e. The predicted octanol–water partition coefficient (Wildman–Crippen LogP) is 4.34. The van der Waals surface area contributed by atoms with Crippen LogP contribution in [0.5, 0.6) is 0 Å². The number of benzene rings is 1. The van der Waals surface area contributed by atoms with Crippen molar-refractivity contribution >= 4 is 23.4 Å². The minimum absolute atomic E-state index is 0.330. The third-order valence-electron chi connectivity index (χ3n) is 3.82. The second-order valence-corrected chi connectivity index (χ2v) is 7.16. The molecule has 1 saturated carbocycles. The lowest BCUT2D eigenvalue weighted by Gasteiger charge is -2.37. The molecule has 100 valence electrons. The molecule has 1 aliphatic rings. The largest absolute Gasteiger partial charge is 0.327 e. The third-order valence-corrected chi connectivity index (χ3v) is 5.87. The highest BCUT2D eigenvalue weighted by Crippen LogP contribution is 2.37. The number of nitrogens with two attached hydrogens (primary N) is 1. The Morgan fingerprint density at radius 1 is 1.28 bits per heavy atom. The SMILES string of the molecule is CC1CC(C)C(SCc2ccccc2Cl)C(N)C1. The molecule has 0 amide bonds. The van der Waals surface area contributed by atoms with Gasteiger partial charge in [0.05, 0.1) is 0 Å². The lowest BCUT2D eigenvalue weighted by atomic mass is 9.80. The van der Waals surface area contributed by atoms with Crippen molar-refractivity contribution in [2.45, 2.75) is 43.7 Å². The quantitative estimate of drug-likeness (QED) is 0.893. The molecule has 4 atom stereocenters. The predicted molar refractivity (Wildman–Crippen MR) is 82.1 cm³/mol. The fourth-order valence-corrected chi connectivity index (χ4v) is 4.68. The molecule has 0 aliphatic heterocycles. The van der Waals surface area contributed by atoms with E-state index >= 15 is 0 Å². The van der Waals surface area contributed by atoms with E-state index in [0.29, 0.717) is 17.2 Å². The Hall–Kier alpha value is -0.180. The standard InChI is InChI=1S/C15H22ClNS/c1-10-7-11(2)15(14(17)8-10)18-9-12-5-3-4-6-13(12)16/h3-6,10-11,14-15H,7-9,17H2,1-2H3. The van der Waals surface area contributed by atoms with E-state index in [0.717, 1.165) is 23.1 Å². The number of hydrogen-bond acceptors (Lipinski definition) is 2. The first-order valence-corrected chi connectivity index (χ1v) is 8.11. The zero-order valence-electron chi connectivity index (χ0n) is 11.1. The second-order valence-electron chi connectivity index (χ2n) is 5.58. The summed E-state index contributed by atoms with van der Waals surface area (Å²) in [5.41, 5.74) is 7.53. The van der Waals surface area contributed by atoms with Crippen LogP contribution in [0.15, 0.2) is 24.3 Å². The Bertz CT molecular complexity index is 384. The molecule has 0 spiro atoms. The summed E-state index contributed by atoms with van der Waals surface area (Å²) in [5, 5.41) is 1.44. The highest BCUT2D eigenvalue weighted by molar-refractivity contribution is 7.99. The lowest BCUT2D eigenvalue weighted by Crippen LogP contribution is -2.43. The molecular weight excluding hydrogens is 262 g/mol. The molecule has 3 heteroatoms. The first-order chi connectivity index (χ1) is 8.58. The van der Waals surface area contributed by atoms with Crippen molar-refractivity contribution in [2.24, 2.45) is 17.6 Å². The summed E-state index contributed by atoms with van der Waals surface area (Å²) in [7, 11) is 0. The molecule has 2 N–H and O–H groups in total. The van der Waals surface area contributed by atoms with Crippen LogP contribution in [0.25, 0.3) is 0 Å². The molecule has 1 fully saturated rings. The molecule has 0 saturated heterocycles. The number of halogens is 1. The van der Waals surface area contributed by atoms with Gasteiger partial charge in [-0.1, -0.05) is 43.6 Å². The van der Waals surface area contributed by atoms with Crippen molar-refractivity contribution in [3.63, 3.8) is 0 Å². The van der Waals surface area contributed by atoms with Crippen LogP contribution >= 0.6 is 23.4 Å². The van der Waals surface area contributed by atoms with E-state index in [1.165, 1.54) is 12.0 Å². The highest BCUT2D eigenvalue weighted by Gasteiger charge is 2.31. The van der Waals surface area contributed by atoms with Gasteiger partial charge in [0.2, 0.25) is 0 Å². The highest BCUT2D eigenvalue weighted by atomic mass is 35.5. The Kier molecular flexibility index (Phi) is 4.99. The topological polar surface area (TPSA) is 26.0 Å². The lowest BCUT2D eigenvalue weighted by molar-refractivity contribution is 0.279. The normalized spacial score (nSPS) is 32.4. The van der Waals surface area contributed by atoms with Gasteiger partial charge in [0.15, 0.2) is 0 Å². The van der Waals surface area contributed by atoms with E-state index < -0.39 is 0 Å². The van der Waals surface area contributed by atoms with Gasteiger partial charge in [0.1, 0.15) is 0 Å². The molecule has 1 nitrogen and oxygen atoms in total. The number of hydrogen-bond donors (Lipinski definition) is 1. The average Bonchev–Trinajstić information content (AvgIpc) is 2.30. The van der Waals surface area contributed by atoms with Gasteiger partial charge >= 0.3 is 0 Å². The molecule has 1 aliphatic carbocycles. The average molecular weight is 284 g/mol. The van der Waals surface area contributed by atoms with E-state index in [-0.39, 0.29) is 0 Å². The molecule has 2 rings (SSSR count). The summed E-state index contributed by atoms with van der Waals surface area (Å²) in [6.45, 7) is 4.64. The fourth-order valence-electron chi connectivity index (χ4n) is 2.98. The molecule has 0 bridgehead atoms. The van der Waals surface area contributed by atoms with Gasteiger partial charge in [0, 0.05) is 22.1 Å². The Labute approximate surface area is 119 Å². The molecule has 1 aromatic carbocycles. The van der Waals surface area contributed by atoms with Crippen molar-refractivity contribution in [2.75, 3.05) is 0 Å². The van der Waals surface area contributed by atoms with Crippen LogP contribution in [0.2, 0.25) is 5.02 Å². The van der Waals surface area contributed by atoms with Crippen molar-refractivity contribution in [1.82, 2.24) is 0 Å². The first-order valence-electron chi connectivity index (χ1n) is 6.68. The van der Waals surface area contributed by atoms with Gasteiger partial charge in [-0.05, 0) is 36.3 Å². The van der Waals surface area contributed by atoms with Crippen molar-refractivity contribution in [3.8, 4) is 0 Å². The van der Waals surface area contributed by atoms with Gasteiger partial charge in [-0.15, -0.1) is 0 Å². The van der Waals surface area contributed by atoms with Crippen LogP contribution in [0.1, 0.15) is 32.3 Å². The molecular formula is C15H22ClNS. The van der Waals surface area contributed by atoms with Gasteiger partial charge in [-0.2, -0.15) is 11.8 Å². The number of rotatable bonds is 3. The first kappa shape index (κ1) is 14.2. The zero-order chi connectivity index (χ0) is 13.1. The van der Waals surface area contributed by atoms with Crippen molar-refractivity contribution < 1.29 is 0 Å². The molecule has 0 aromatic heterocycles. The van der Waals surface area contributed by atoms with Crippen LogP contribution in [-0.4, -0.2) is 11.3 Å². The summed E-state index contributed by atoms with van der Waals surface area (Å²) in [6, 6.07) is 8.43. The maximum Gasteiger partial charge on any atom is 0.0446 e. The molecule has 4 unspecified atom stereocenters. The van der Waals surface area contributed by atoms with Gasteiger partial charge in [-0.25, -0.2) is 0 Å². The van der Waals surface area contributed by atoms with E-state index in [4.69, 9.17) is 17.3 Å². The van der Waals surface area contributed by atoms with Crippen LogP contribution in [0.4, 0.5) is 0 Å². The van der Waals surface area contributed by atoms with Gasteiger partial charge < -0.3 is 5.73 Å². The maximum absolute atomic E-state index is 6.31. The monoisotopic (exact) mass is 283 g/mol. The maximum atomic E-state index is 6.31. The Balaban J connectivity index is 1.95.